The zero-order valence-corrected chi connectivity index (χ0v) is 16.1. The number of hydrogen-bond acceptors (Lipinski definition) is 4. The molecule has 0 unspecified atom stereocenters. The van der Waals surface area contributed by atoms with E-state index in [1.807, 2.05) is 24.3 Å². The Morgan fingerprint density at radius 3 is 2.65 bits per heavy atom. The van der Waals surface area contributed by atoms with Crippen molar-refractivity contribution in [1.82, 2.24) is 10.2 Å². The second kappa shape index (κ2) is 7.51. The molecule has 1 spiro atoms. The van der Waals surface area contributed by atoms with E-state index in [0.717, 1.165) is 30.6 Å². The Kier molecular flexibility index (Phi) is 5.11. The summed E-state index contributed by atoms with van der Waals surface area (Å²) in [5.74, 6) is 0.153. The van der Waals surface area contributed by atoms with Crippen molar-refractivity contribution in [1.29, 1.82) is 0 Å². The Hall–Kier alpha value is -1.69. The van der Waals surface area contributed by atoms with E-state index >= 15 is 0 Å². The highest BCUT2D eigenvalue weighted by atomic mass is 32.1. The number of rotatable bonds is 6. The Morgan fingerprint density at radius 2 is 2.00 bits per heavy atom. The number of nitrogens with one attached hydrogen (secondary N) is 1. The predicted octanol–water partition coefficient (Wildman–Crippen LogP) is 3.68. The number of ether oxygens (including phenoxy) is 1. The van der Waals surface area contributed by atoms with Crippen molar-refractivity contribution in [3.8, 4) is 0 Å². The molecule has 1 saturated carbocycles. The monoisotopic (exact) mass is 370 g/mol. The molecule has 4 rings (SSSR count). The third kappa shape index (κ3) is 3.56. The van der Waals surface area contributed by atoms with Gasteiger partial charge in [0.2, 0.25) is 0 Å². The number of thiophene rings is 1. The Labute approximate surface area is 159 Å². The number of piperidine rings is 1. The van der Waals surface area contributed by atoms with Crippen LogP contribution in [-0.2, 0) is 17.9 Å². The quantitative estimate of drug-likeness (QED) is 0.843. The van der Waals surface area contributed by atoms with E-state index in [2.05, 4.69) is 27.0 Å². The lowest BCUT2D eigenvalue weighted by Crippen LogP contribution is -2.39. The number of nitrogens with zero attached hydrogens (tertiary/aromatic N) is 1. The summed E-state index contributed by atoms with van der Waals surface area (Å²) in [6.07, 6.45) is 3.50. The normalized spacial score (nSPS) is 20.9. The van der Waals surface area contributed by atoms with Crippen molar-refractivity contribution in [2.24, 2.45) is 5.41 Å². The Bertz CT molecular complexity index is 736. The summed E-state index contributed by atoms with van der Waals surface area (Å²) in [7, 11) is 1.69. The van der Waals surface area contributed by atoms with E-state index in [1.54, 1.807) is 18.4 Å². The molecule has 0 bridgehead atoms. The first kappa shape index (κ1) is 17.7. The Morgan fingerprint density at radius 1 is 1.23 bits per heavy atom. The van der Waals surface area contributed by atoms with Crippen LogP contribution in [0.4, 0.5) is 0 Å². The van der Waals surface area contributed by atoms with Gasteiger partial charge >= 0.3 is 0 Å². The van der Waals surface area contributed by atoms with Gasteiger partial charge < -0.3 is 15.0 Å². The van der Waals surface area contributed by atoms with Crippen molar-refractivity contribution in [2.75, 3.05) is 20.2 Å². The third-order valence-electron chi connectivity index (χ3n) is 5.83. The van der Waals surface area contributed by atoms with E-state index in [9.17, 15) is 4.79 Å². The fourth-order valence-corrected chi connectivity index (χ4v) is 4.87. The molecule has 1 aliphatic carbocycles. The average Bonchev–Trinajstić information content (AvgIpc) is 3.10. The first-order valence-electron chi connectivity index (χ1n) is 9.32. The SMILES string of the molecule is COCc1ccc(C(=O)N(Cc2ccsc2)[C@H]2CC23CCNCC3)cc1. The van der Waals surface area contributed by atoms with Gasteiger partial charge in [0.1, 0.15) is 0 Å². The lowest BCUT2D eigenvalue weighted by atomic mass is 9.93. The number of hydrogen-bond donors (Lipinski definition) is 1. The third-order valence-corrected chi connectivity index (χ3v) is 6.56. The van der Waals surface area contributed by atoms with E-state index < -0.39 is 0 Å². The van der Waals surface area contributed by atoms with Crippen molar-refractivity contribution in [2.45, 2.75) is 38.5 Å². The fraction of sp³-hybridized carbons (Fsp3) is 0.476. The molecule has 1 saturated heterocycles. The van der Waals surface area contributed by atoms with Crippen LogP contribution >= 0.6 is 11.3 Å². The van der Waals surface area contributed by atoms with Crippen LogP contribution in [0.1, 0.15) is 40.7 Å². The molecular formula is C21H26N2O2S. The number of benzene rings is 1. The molecule has 1 atom stereocenters. The second-order valence-corrected chi connectivity index (χ2v) is 8.31. The van der Waals surface area contributed by atoms with Crippen molar-refractivity contribution in [3.63, 3.8) is 0 Å². The number of methoxy groups -OCH3 is 1. The van der Waals surface area contributed by atoms with Gasteiger partial charge in [-0.2, -0.15) is 11.3 Å². The van der Waals surface area contributed by atoms with Crippen LogP contribution in [0.25, 0.3) is 0 Å². The van der Waals surface area contributed by atoms with Gasteiger partial charge in [-0.3, -0.25) is 4.79 Å². The summed E-state index contributed by atoms with van der Waals surface area (Å²) in [6.45, 7) is 3.43. The predicted molar refractivity (Wildman–Crippen MR) is 104 cm³/mol. The lowest BCUT2D eigenvalue weighted by Gasteiger charge is -2.29. The van der Waals surface area contributed by atoms with Gasteiger partial charge in [0.15, 0.2) is 0 Å². The van der Waals surface area contributed by atoms with E-state index in [4.69, 9.17) is 4.74 Å². The topological polar surface area (TPSA) is 41.6 Å². The number of carbonyl (C=O) groups excluding carboxylic acids is 1. The van der Waals surface area contributed by atoms with Crippen molar-refractivity contribution in [3.05, 3.63) is 57.8 Å². The molecule has 1 amide bonds. The van der Waals surface area contributed by atoms with Crippen LogP contribution in [-0.4, -0.2) is 37.0 Å². The summed E-state index contributed by atoms with van der Waals surface area (Å²) in [4.78, 5) is 15.5. The van der Waals surface area contributed by atoms with E-state index in [-0.39, 0.29) is 5.91 Å². The smallest absolute Gasteiger partial charge is 0.254 e. The molecule has 2 aliphatic rings. The van der Waals surface area contributed by atoms with Crippen LogP contribution in [0.15, 0.2) is 41.1 Å². The van der Waals surface area contributed by atoms with Gasteiger partial charge in [-0.25, -0.2) is 0 Å². The summed E-state index contributed by atoms with van der Waals surface area (Å²) in [5.41, 5.74) is 3.44. The standard InChI is InChI=1S/C21H26N2O2S/c1-25-14-16-2-4-18(5-3-16)20(24)23(13-17-6-11-26-15-17)19-12-21(19)7-9-22-10-8-21/h2-6,11,15,19,22H,7-10,12-14H2,1H3/t19-/m0/s1. The molecule has 0 radical (unpaired) electrons. The van der Waals surface area contributed by atoms with Gasteiger partial charge in [0.05, 0.1) is 6.61 Å². The van der Waals surface area contributed by atoms with Gasteiger partial charge in [0, 0.05) is 25.3 Å². The molecule has 5 heteroatoms. The van der Waals surface area contributed by atoms with Crippen molar-refractivity contribution < 1.29 is 9.53 Å². The van der Waals surface area contributed by atoms with E-state index in [1.165, 1.54) is 18.4 Å². The van der Waals surface area contributed by atoms with Gasteiger partial charge in [-0.05, 0) is 77.9 Å². The molecule has 2 aromatic rings. The largest absolute Gasteiger partial charge is 0.380 e. The Balaban J connectivity index is 1.55. The minimum absolute atomic E-state index is 0.153. The highest BCUT2D eigenvalue weighted by molar-refractivity contribution is 7.07. The van der Waals surface area contributed by atoms with Crippen LogP contribution < -0.4 is 5.32 Å². The maximum atomic E-state index is 13.3. The maximum absolute atomic E-state index is 13.3. The van der Waals surface area contributed by atoms with Crippen molar-refractivity contribution >= 4 is 17.2 Å². The molecule has 1 aliphatic heterocycles. The molecule has 138 valence electrons. The zero-order chi connectivity index (χ0) is 18.0. The molecular weight excluding hydrogens is 344 g/mol. The molecule has 1 N–H and O–H groups in total. The number of carbonyl (C=O) groups is 1. The zero-order valence-electron chi connectivity index (χ0n) is 15.2. The highest BCUT2D eigenvalue weighted by Gasteiger charge is 2.57. The van der Waals surface area contributed by atoms with Crippen LogP contribution in [0.2, 0.25) is 0 Å². The highest BCUT2D eigenvalue weighted by Crippen LogP contribution is 2.56. The summed E-state index contributed by atoms with van der Waals surface area (Å²) in [5, 5.41) is 7.69. The number of amides is 1. The maximum Gasteiger partial charge on any atom is 0.254 e. The minimum atomic E-state index is 0.153. The minimum Gasteiger partial charge on any atom is -0.380 e. The van der Waals surface area contributed by atoms with Gasteiger partial charge in [-0.15, -0.1) is 0 Å². The van der Waals surface area contributed by atoms with E-state index in [0.29, 0.717) is 24.6 Å². The van der Waals surface area contributed by atoms with Gasteiger partial charge in [0.25, 0.3) is 5.91 Å². The molecule has 4 nitrogen and oxygen atoms in total. The fourth-order valence-electron chi connectivity index (χ4n) is 4.21. The first-order valence-corrected chi connectivity index (χ1v) is 10.3. The molecule has 26 heavy (non-hydrogen) atoms. The lowest BCUT2D eigenvalue weighted by molar-refractivity contribution is 0.0692. The van der Waals surface area contributed by atoms with Crippen LogP contribution in [0, 0.1) is 5.41 Å². The second-order valence-electron chi connectivity index (χ2n) is 7.53. The molecule has 1 aromatic heterocycles. The summed E-state index contributed by atoms with van der Waals surface area (Å²) in [6, 6.07) is 10.4. The molecule has 1 aromatic carbocycles. The average molecular weight is 371 g/mol. The summed E-state index contributed by atoms with van der Waals surface area (Å²) < 4.78 is 5.17. The first-order chi connectivity index (χ1) is 12.7. The molecule has 2 fully saturated rings. The molecule has 2 heterocycles. The van der Waals surface area contributed by atoms with Gasteiger partial charge in [-0.1, -0.05) is 12.1 Å². The van der Waals surface area contributed by atoms with Crippen LogP contribution in [0.5, 0.6) is 0 Å². The summed E-state index contributed by atoms with van der Waals surface area (Å²) >= 11 is 1.69. The van der Waals surface area contributed by atoms with Crippen LogP contribution in [0.3, 0.4) is 0 Å².